The van der Waals surface area contributed by atoms with E-state index >= 15 is 0 Å². The lowest BCUT2D eigenvalue weighted by molar-refractivity contribution is 0.267. The van der Waals surface area contributed by atoms with Crippen molar-refractivity contribution >= 4 is 0 Å². The monoisotopic (exact) mass is 257 g/mol. The fourth-order valence-corrected chi connectivity index (χ4v) is 4.16. The van der Waals surface area contributed by atoms with Crippen LogP contribution >= 0.6 is 0 Å². The SMILES string of the molecule is CCNC(C1CCCCCC1)C1Cc2ccccc21. The molecular weight excluding hydrogens is 230 g/mol. The van der Waals surface area contributed by atoms with Gasteiger partial charge in [-0.1, -0.05) is 56.9 Å². The average Bonchev–Trinajstić information content (AvgIpc) is 2.68. The molecule has 19 heavy (non-hydrogen) atoms. The molecule has 2 aliphatic carbocycles. The minimum Gasteiger partial charge on any atom is -0.313 e. The molecule has 1 nitrogen and oxygen atoms in total. The van der Waals surface area contributed by atoms with Crippen LogP contribution in [0, 0.1) is 5.92 Å². The summed E-state index contributed by atoms with van der Waals surface area (Å²) in [6.45, 7) is 3.37. The molecule has 104 valence electrons. The number of likely N-dealkylation sites (N-methyl/N-ethyl adjacent to an activating group) is 1. The fourth-order valence-electron chi connectivity index (χ4n) is 4.16. The predicted octanol–water partition coefficient (Wildman–Crippen LogP) is 4.27. The highest BCUT2D eigenvalue weighted by molar-refractivity contribution is 5.41. The smallest absolute Gasteiger partial charge is 0.0167 e. The Morgan fingerprint density at radius 1 is 1.11 bits per heavy atom. The number of hydrogen-bond donors (Lipinski definition) is 1. The molecule has 0 saturated heterocycles. The Morgan fingerprint density at radius 3 is 2.53 bits per heavy atom. The molecule has 1 heteroatoms. The van der Waals surface area contributed by atoms with E-state index in [4.69, 9.17) is 0 Å². The van der Waals surface area contributed by atoms with Crippen LogP contribution in [0.4, 0.5) is 0 Å². The normalized spacial score (nSPS) is 25.2. The zero-order chi connectivity index (χ0) is 13.1. The molecule has 1 saturated carbocycles. The van der Waals surface area contributed by atoms with Crippen LogP contribution in [0.25, 0.3) is 0 Å². The number of fused-ring (bicyclic) bond motifs is 1. The molecular formula is C18H27N. The van der Waals surface area contributed by atoms with Gasteiger partial charge in [0.15, 0.2) is 0 Å². The van der Waals surface area contributed by atoms with E-state index in [2.05, 4.69) is 36.5 Å². The second kappa shape index (κ2) is 6.09. The van der Waals surface area contributed by atoms with Gasteiger partial charge in [-0.15, -0.1) is 0 Å². The molecule has 1 aromatic rings. The second-order valence-corrected chi connectivity index (χ2v) is 6.34. The first kappa shape index (κ1) is 13.2. The summed E-state index contributed by atoms with van der Waals surface area (Å²) in [5.41, 5.74) is 3.21. The van der Waals surface area contributed by atoms with Crippen LogP contribution in [0.1, 0.15) is 62.5 Å². The zero-order valence-corrected chi connectivity index (χ0v) is 12.2. The van der Waals surface area contributed by atoms with Gasteiger partial charge in [-0.2, -0.15) is 0 Å². The summed E-state index contributed by atoms with van der Waals surface area (Å²) in [7, 11) is 0. The Morgan fingerprint density at radius 2 is 1.84 bits per heavy atom. The molecule has 3 rings (SSSR count). The summed E-state index contributed by atoms with van der Waals surface area (Å²) in [5, 5.41) is 3.82. The molecule has 0 aliphatic heterocycles. The van der Waals surface area contributed by atoms with Crippen LogP contribution in [-0.4, -0.2) is 12.6 Å². The van der Waals surface area contributed by atoms with E-state index in [1.807, 2.05) is 0 Å². The Kier molecular flexibility index (Phi) is 4.22. The van der Waals surface area contributed by atoms with Gasteiger partial charge in [-0.3, -0.25) is 0 Å². The Hall–Kier alpha value is -0.820. The molecule has 2 aliphatic rings. The van der Waals surface area contributed by atoms with Crippen LogP contribution in [0.5, 0.6) is 0 Å². The van der Waals surface area contributed by atoms with Crippen molar-refractivity contribution in [3.8, 4) is 0 Å². The summed E-state index contributed by atoms with van der Waals surface area (Å²) in [4.78, 5) is 0. The molecule has 0 spiro atoms. The van der Waals surface area contributed by atoms with E-state index in [0.29, 0.717) is 0 Å². The Labute approximate surface area is 117 Å². The van der Waals surface area contributed by atoms with Crippen LogP contribution < -0.4 is 5.32 Å². The Balaban J connectivity index is 1.74. The van der Waals surface area contributed by atoms with E-state index in [-0.39, 0.29) is 0 Å². The second-order valence-electron chi connectivity index (χ2n) is 6.34. The van der Waals surface area contributed by atoms with Crippen molar-refractivity contribution in [1.29, 1.82) is 0 Å². The van der Waals surface area contributed by atoms with Crippen molar-refractivity contribution in [2.75, 3.05) is 6.54 Å². The highest BCUT2D eigenvalue weighted by Crippen LogP contribution is 2.42. The van der Waals surface area contributed by atoms with Crippen molar-refractivity contribution in [2.24, 2.45) is 5.92 Å². The van der Waals surface area contributed by atoms with Crippen molar-refractivity contribution in [1.82, 2.24) is 5.32 Å². The quantitative estimate of drug-likeness (QED) is 0.794. The van der Waals surface area contributed by atoms with Crippen molar-refractivity contribution in [2.45, 2.75) is 63.8 Å². The summed E-state index contributed by atoms with van der Waals surface area (Å²) < 4.78 is 0. The molecule has 2 unspecified atom stereocenters. The summed E-state index contributed by atoms with van der Waals surface area (Å²) >= 11 is 0. The van der Waals surface area contributed by atoms with E-state index in [0.717, 1.165) is 24.4 Å². The molecule has 1 N–H and O–H groups in total. The van der Waals surface area contributed by atoms with Crippen LogP contribution in [0.3, 0.4) is 0 Å². The van der Waals surface area contributed by atoms with Gasteiger partial charge in [-0.25, -0.2) is 0 Å². The maximum atomic E-state index is 3.82. The number of nitrogens with one attached hydrogen (secondary N) is 1. The lowest BCUT2D eigenvalue weighted by atomic mass is 9.69. The van der Waals surface area contributed by atoms with Gasteiger partial charge in [0.25, 0.3) is 0 Å². The van der Waals surface area contributed by atoms with Crippen LogP contribution in [-0.2, 0) is 6.42 Å². The molecule has 0 aromatic heterocycles. The van der Waals surface area contributed by atoms with E-state index in [1.165, 1.54) is 44.9 Å². The summed E-state index contributed by atoms with van der Waals surface area (Å²) in [5.74, 6) is 1.68. The van der Waals surface area contributed by atoms with E-state index in [9.17, 15) is 0 Å². The van der Waals surface area contributed by atoms with Crippen molar-refractivity contribution in [3.05, 3.63) is 35.4 Å². The predicted molar refractivity (Wildman–Crippen MR) is 81.5 cm³/mol. The average molecular weight is 257 g/mol. The van der Waals surface area contributed by atoms with Gasteiger partial charge in [-0.05, 0) is 42.9 Å². The van der Waals surface area contributed by atoms with E-state index < -0.39 is 0 Å². The van der Waals surface area contributed by atoms with Crippen LogP contribution in [0.15, 0.2) is 24.3 Å². The molecule has 1 aromatic carbocycles. The topological polar surface area (TPSA) is 12.0 Å². The molecule has 0 amide bonds. The molecule has 2 atom stereocenters. The third kappa shape index (κ3) is 2.72. The number of benzene rings is 1. The first-order chi connectivity index (χ1) is 9.40. The first-order valence-electron chi connectivity index (χ1n) is 8.21. The molecule has 0 radical (unpaired) electrons. The van der Waals surface area contributed by atoms with Gasteiger partial charge in [0, 0.05) is 12.0 Å². The third-order valence-electron chi connectivity index (χ3n) is 5.18. The standard InChI is InChI=1S/C18H27N/c1-2-19-18(14-9-5-3-4-6-10-14)17-13-15-11-7-8-12-16(15)17/h7-8,11-12,14,17-19H,2-6,9-10,13H2,1H3. The largest absolute Gasteiger partial charge is 0.313 e. The third-order valence-corrected chi connectivity index (χ3v) is 5.18. The lowest BCUT2D eigenvalue weighted by Crippen LogP contribution is -2.45. The fraction of sp³-hybridized carbons (Fsp3) is 0.667. The molecule has 0 bridgehead atoms. The highest BCUT2D eigenvalue weighted by Gasteiger charge is 2.36. The van der Waals surface area contributed by atoms with Crippen molar-refractivity contribution in [3.63, 3.8) is 0 Å². The zero-order valence-electron chi connectivity index (χ0n) is 12.2. The maximum absolute atomic E-state index is 3.82. The van der Waals surface area contributed by atoms with Crippen LogP contribution in [0.2, 0.25) is 0 Å². The number of hydrogen-bond acceptors (Lipinski definition) is 1. The molecule has 1 fully saturated rings. The van der Waals surface area contributed by atoms with Gasteiger partial charge >= 0.3 is 0 Å². The molecule has 0 heterocycles. The van der Waals surface area contributed by atoms with Gasteiger partial charge in [0.1, 0.15) is 0 Å². The first-order valence-corrected chi connectivity index (χ1v) is 8.21. The number of rotatable bonds is 4. The summed E-state index contributed by atoms with van der Waals surface area (Å²) in [6.07, 6.45) is 9.98. The maximum Gasteiger partial charge on any atom is 0.0167 e. The highest BCUT2D eigenvalue weighted by atomic mass is 14.9. The van der Waals surface area contributed by atoms with Gasteiger partial charge < -0.3 is 5.32 Å². The Bertz CT molecular complexity index is 404. The summed E-state index contributed by atoms with van der Waals surface area (Å²) in [6, 6.07) is 9.77. The van der Waals surface area contributed by atoms with E-state index in [1.54, 1.807) is 11.1 Å². The van der Waals surface area contributed by atoms with Crippen molar-refractivity contribution < 1.29 is 0 Å². The minimum atomic E-state index is 0.720. The lowest BCUT2D eigenvalue weighted by Gasteiger charge is -2.41. The minimum absolute atomic E-state index is 0.720. The van der Waals surface area contributed by atoms with Gasteiger partial charge in [0.05, 0.1) is 0 Å². The van der Waals surface area contributed by atoms with Gasteiger partial charge in [0.2, 0.25) is 0 Å².